The third-order valence-corrected chi connectivity index (χ3v) is 6.65. The molecule has 10 heteroatoms. The van der Waals surface area contributed by atoms with Gasteiger partial charge in [0.25, 0.3) is 0 Å². The number of esters is 1. The smallest absolute Gasteiger partial charge is 0.410 e. The first kappa shape index (κ1) is 31.9. The van der Waals surface area contributed by atoms with Gasteiger partial charge in [0.15, 0.2) is 11.5 Å². The standard InChI is InChI=1S/C34H39N3O7/c1-24(38)43-31-21-25(13-15-30(31)41-5)14-16-32(39)35-29-12-7-6-9-26(29)23-42-28-11-8-10-27(22-28)36-17-19-37(20-18-36)33(40)44-34(2,3)4/h6-16,21-22H,17-20,23H2,1-5H3,(H,35,39). The van der Waals surface area contributed by atoms with Crippen molar-refractivity contribution in [2.45, 2.75) is 39.9 Å². The van der Waals surface area contributed by atoms with Crippen molar-refractivity contribution in [3.8, 4) is 17.2 Å². The average molecular weight is 602 g/mol. The SMILES string of the molecule is COc1ccc(C=CC(=O)Nc2ccccc2COc2cccc(N3CCN(C(=O)OC(C)(C)C)CC3)c2)cc1OC(C)=O. The Labute approximate surface area is 258 Å². The highest BCUT2D eigenvalue weighted by atomic mass is 16.6. The molecule has 3 aromatic rings. The Bertz CT molecular complexity index is 1500. The van der Waals surface area contributed by atoms with Gasteiger partial charge in [-0.1, -0.05) is 30.3 Å². The Morgan fingerprint density at radius 2 is 1.66 bits per heavy atom. The number of rotatable bonds is 9. The lowest BCUT2D eigenvalue weighted by atomic mass is 10.1. The molecule has 3 aromatic carbocycles. The highest BCUT2D eigenvalue weighted by Crippen LogP contribution is 2.29. The van der Waals surface area contributed by atoms with E-state index in [0.717, 1.165) is 11.3 Å². The summed E-state index contributed by atoms with van der Waals surface area (Å²) >= 11 is 0. The first-order chi connectivity index (χ1) is 21.0. The third-order valence-electron chi connectivity index (χ3n) is 6.65. The zero-order valence-corrected chi connectivity index (χ0v) is 25.8. The number of para-hydroxylation sites is 1. The number of piperazine rings is 1. The van der Waals surface area contributed by atoms with Crippen molar-refractivity contribution in [1.82, 2.24) is 4.90 Å². The van der Waals surface area contributed by atoms with Gasteiger partial charge in [-0.2, -0.15) is 0 Å². The van der Waals surface area contributed by atoms with E-state index in [1.165, 1.54) is 20.1 Å². The summed E-state index contributed by atoms with van der Waals surface area (Å²) in [4.78, 5) is 40.5. The minimum atomic E-state index is -0.521. The molecule has 1 aliphatic heterocycles. The molecule has 2 amide bonds. The van der Waals surface area contributed by atoms with E-state index in [0.29, 0.717) is 48.9 Å². The first-order valence-electron chi connectivity index (χ1n) is 14.4. The molecule has 1 fully saturated rings. The maximum Gasteiger partial charge on any atom is 0.410 e. The van der Waals surface area contributed by atoms with Gasteiger partial charge in [0.1, 0.15) is 18.0 Å². The van der Waals surface area contributed by atoms with E-state index in [9.17, 15) is 14.4 Å². The van der Waals surface area contributed by atoms with Crippen molar-refractivity contribution in [3.63, 3.8) is 0 Å². The highest BCUT2D eigenvalue weighted by molar-refractivity contribution is 6.02. The maximum atomic E-state index is 12.8. The lowest BCUT2D eigenvalue weighted by Crippen LogP contribution is -2.50. The molecular formula is C34H39N3O7. The maximum absolute atomic E-state index is 12.8. The van der Waals surface area contributed by atoms with Gasteiger partial charge in [0.2, 0.25) is 5.91 Å². The van der Waals surface area contributed by atoms with Gasteiger partial charge in [-0.25, -0.2) is 4.79 Å². The number of nitrogens with one attached hydrogen (secondary N) is 1. The van der Waals surface area contributed by atoms with Crippen molar-refractivity contribution in [3.05, 3.63) is 83.9 Å². The predicted molar refractivity (Wildman–Crippen MR) is 169 cm³/mol. The first-order valence-corrected chi connectivity index (χ1v) is 14.4. The van der Waals surface area contributed by atoms with Crippen LogP contribution in [-0.2, 0) is 20.9 Å². The second kappa shape index (κ2) is 14.5. The van der Waals surface area contributed by atoms with E-state index < -0.39 is 11.6 Å². The van der Waals surface area contributed by atoms with Gasteiger partial charge in [0.05, 0.1) is 7.11 Å². The number of nitrogens with zero attached hydrogens (tertiary/aromatic N) is 2. The van der Waals surface area contributed by atoms with Gasteiger partial charge in [-0.3, -0.25) is 9.59 Å². The van der Waals surface area contributed by atoms with Crippen LogP contribution in [0.5, 0.6) is 17.2 Å². The largest absolute Gasteiger partial charge is 0.493 e. The van der Waals surface area contributed by atoms with Crippen LogP contribution in [0.3, 0.4) is 0 Å². The number of carbonyl (C=O) groups excluding carboxylic acids is 3. The molecule has 0 saturated carbocycles. The number of hydrogen-bond donors (Lipinski definition) is 1. The molecule has 1 heterocycles. The fourth-order valence-electron chi connectivity index (χ4n) is 4.55. The molecule has 10 nitrogen and oxygen atoms in total. The van der Waals surface area contributed by atoms with Crippen LogP contribution in [0.25, 0.3) is 6.08 Å². The van der Waals surface area contributed by atoms with Crippen LogP contribution in [-0.4, -0.2) is 61.8 Å². The van der Waals surface area contributed by atoms with Crippen molar-refractivity contribution >= 4 is 35.4 Å². The summed E-state index contributed by atoms with van der Waals surface area (Å²) in [7, 11) is 1.49. The van der Waals surface area contributed by atoms with Gasteiger partial charge < -0.3 is 34.1 Å². The fraction of sp³-hybridized carbons (Fsp3) is 0.324. The van der Waals surface area contributed by atoms with Crippen molar-refractivity contribution in [1.29, 1.82) is 0 Å². The van der Waals surface area contributed by atoms with Crippen molar-refractivity contribution < 1.29 is 33.3 Å². The number of hydrogen-bond acceptors (Lipinski definition) is 8. The van der Waals surface area contributed by atoms with E-state index in [1.54, 1.807) is 29.2 Å². The number of anilines is 2. The molecular weight excluding hydrogens is 562 g/mol. The topological polar surface area (TPSA) is 107 Å². The zero-order chi connectivity index (χ0) is 31.7. The van der Waals surface area contributed by atoms with E-state index in [2.05, 4.69) is 10.2 Å². The Hall–Kier alpha value is -4.99. The van der Waals surface area contributed by atoms with Crippen LogP contribution in [0, 0.1) is 0 Å². The summed E-state index contributed by atoms with van der Waals surface area (Å²) in [6, 6.07) is 20.3. The molecule has 44 heavy (non-hydrogen) atoms. The molecule has 1 saturated heterocycles. The molecule has 0 radical (unpaired) electrons. The van der Waals surface area contributed by atoms with Crippen LogP contribution >= 0.6 is 0 Å². The summed E-state index contributed by atoms with van der Waals surface area (Å²) in [6.45, 7) is 9.68. The minimum absolute atomic E-state index is 0.250. The minimum Gasteiger partial charge on any atom is -0.493 e. The molecule has 0 unspecified atom stereocenters. The van der Waals surface area contributed by atoms with Gasteiger partial charge in [0, 0.05) is 62.2 Å². The van der Waals surface area contributed by atoms with Crippen molar-refractivity contribution in [2.24, 2.45) is 0 Å². The van der Waals surface area contributed by atoms with E-state index in [1.807, 2.05) is 69.3 Å². The van der Waals surface area contributed by atoms with Crippen LogP contribution < -0.4 is 24.4 Å². The van der Waals surface area contributed by atoms with E-state index in [4.69, 9.17) is 18.9 Å². The average Bonchev–Trinajstić information content (AvgIpc) is 2.99. The van der Waals surface area contributed by atoms with Crippen LogP contribution in [0.2, 0.25) is 0 Å². The summed E-state index contributed by atoms with van der Waals surface area (Å²) in [6.07, 6.45) is 2.74. The highest BCUT2D eigenvalue weighted by Gasteiger charge is 2.26. The van der Waals surface area contributed by atoms with Crippen LogP contribution in [0.1, 0.15) is 38.8 Å². The Kier molecular flexibility index (Phi) is 10.5. The Balaban J connectivity index is 1.34. The second-order valence-electron chi connectivity index (χ2n) is 11.2. The normalized spacial score (nSPS) is 13.4. The van der Waals surface area contributed by atoms with Gasteiger partial charge >= 0.3 is 12.1 Å². The summed E-state index contributed by atoms with van der Waals surface area (Å²) in [5, 5.41) is 2.91. The predicted octanol–water partition coefficient (Wildman–Crippen LogP) is 5.91. The molecule has 0 aliphatic carbocycles. The number of amides is 2. The summed E-state index contributed by atoms with van der Waals surface area (Å²) in [5.74, 6) is 0.598. The number of benzene rings is 3. The molecule has 0 aromatic heterocycles. The van der Waals surface area contributed by atoms with Crippen LogP contribution in [0.4, 0.5) is 16.2 Å². The van der Waals surface area contributed by atoms with Gasteiger partial charge in [-0.15, -0.1) is 0 Å². The number of ether oxygens (including phenoxy) is 4. The van der Waals surface area contributed by atoms with Crippen molar-refractivity contribution in [2.75, 3.05) is 43.5 Å². The summed E-state index contributed by atoms with van der Waals surface area (Å²) < 4.78 is 22.0. The monoisotopic (exact) mass is 601 g/mol. The quantitative estimate of drug-likeness (QED) is 0.183. The van der Waals surface area contributed by atoms with E-state index in [-0.39, 0.29) is 24.4 Å². The lowest BCUT2D eigenvalue weighted by Gasteiger charge is -2.36. The second-order valence-corrected chi connectivity index (χ2v) is 11.2. The van der Waals surface area contributed by atoms with Crippen LogP contribution in [0.15, 0.2) is 72.8 Å². The molecule has 0 spiro atoms. The molecule has 0 atom stereocenters. The van der Waals surface area contributed by atoms with Gasteiger partial charge in [-0.05, 0) is 62.7 Å². The van der Waals surface area contributed by atoms with E-state index >= 15 is 0 Å². The zero-order valence-electron chi connectivity index (χ0n) is 25.8. The Morgan fingerprint density at radius 1 is 0.909 bits per heavy atom. The third kappa shape index (κ3) is 9.26. The molecule has 232 valence electrons. The number of methoxy groups -OCH3 is 1. The fourth-order valence-corrected chi connectivity index (χ4v) is 4.55. The lowest BCUT2D eigenvalue weighted by molar-refractivity contribution is -0.132. The summed E-state index contributed by atoms with van der Waals surface area (Å²) in [5.41, 5.74) is 2.60. The molecule has 1 N–H and O–H groups in total. The molecule has 1 aliphatic rings. The molecule has 0 bridgehead atoms. The number of carbonyl (C=O) groups is 3. The Morgan fingerprint density at radius 3 is 2.36 bits per heavy atom. The molecule has 4 rings (SSSR count).